The van der Waals surface area contributed by atoms with Crippen LogP contribution in [0.4, 0.5) is 0 Å². The molecule has 1 amide bonds. The van der Waals surface area contributed by atoms with Crippen LogP contribution in [0.3, 0.4) is 0 Å². The minimum Gasteiger partial charge on any atom is -0.482 e. The van der Waals surface area contributed by atoms with E-state index in [0.29, 0.717) is 12.2 Å². The predicted molar refractivity (Wildman–Crippen MR) is 108 cm³/mol. The number of sulfone groups is 1. The smallest absolute Gasteiger partial charge is 0.344 e. The summed E-state index contributed by atoms with van der Waals surface area (Å²) in [5.41, 5.74) is 2.11. The Morgan fingerprint density at radius 2 is 1.66 bits per heavy atom. The first-order valence-corrected chi connectivity index (χ1v) is 11.1. The third-order valence-corrected chi connectivity index (χ3v) is 6.57. The highest BCUT2D eigenvalue weighted by Crippen LogP contribution is 2.22. The number of carbonyl (C=O) groups is 2. The van der Waals surface area contributed by atoms with Gasteiger partial charge >= 0.3 is 5.97 Å². The largest absolute Gasteiger partial charge is 0.482 e. The van der Waals surface area contributed by atoms with Crippen LogP contribution in [0.5, 0.6) is 5.75 Å². The van der Waals surface area contributed by atoms with Crippen molar-refractivity contribution in [1.82, 2.24) is 4.90 Å². The van der Waals surface area contributed by atoms with Crippen LogP contribution in [0, 0.1) is 0 Å². The van der Waals surface area contributed by atoms with E-state index in [4.69, 9.17) is 9.47 Å². The molecule has 1 aliphatic heterocycles. The Bertz CT molecular complexity index is 956. The van der Waals surface area contributed by atoms with Crippen LogP contribution in [-0.4, -0.2) is 63.0 Å². The van der Waals surface area contributed by atoms with E-state index in [0.717, 1.165) is 11.1 Å². The Balaban J connectivity index is 1.42. The van der Waals surface area contributed by atoms with Crippen LogP contribution in [-0.2, 0) is 24.2 Å². The maximum atomic E-state index is 12.1. The van der Waals surface area contributed by atoms with Gasteiger partial charge in [0, 0.05) is 13.1 Å². The van der Waals surface area contributed by atoms with Gasteiger partial charge in [0.05, 0.1) is 11.5 Å². The SMILES string of the molecule is CN(C(=O)COC(=O)COc1ccc(-c2ccccc2)cc1)[C@H]1CCS(=O)(=O)C1. The molecule has 8 heteroatoms. The number of benzene rings is 2. The average Bonchev–Trinajstić information content (AvgIpc) is 3.10. The fraction of sp³-hybridized carbons (Fsp3) is 0.333. The summed E-state index contributed by atoms with van der Waals surface area (Å²) < 4.78 is 33.4. The molecular weight excluding hydrogens is 394 g/mol. The average molecular weight is 417 g/mol. The van der Waals surface area contributed by atoms with Crippen molar-refractivity contribution in [3.63, 3.8) is 0 Å². The summed E-state index contributed by atoms with van der Waals surface area (Å²) >= 11 is 0. The Hall–Kier alpha value is -2.87. The molecule has 2 aromatic rings. The lowest BCUT2D eigenvalue weighted by atomic mass is 10.1. The number of rotatable bonds is 7. The summed E-state index contributed by atoms with van der Waals surface area (Å²) in [5.74, 6) is -0.566. The highest BCUT2D eigenvalue weighted by molar-refractivity contribution is 7.91. The zero-order chi connectivity index (χ0) is 20.9. The van der Waals surface area contributed by atoms with Crippen molar-refractivity contribution in [2.75, 3.05) is 31.8 Å². The first kappa shape index (κ1) is 20.9. The zero-order valence-corrected chi connectivity index (χ0v) is 16.9. The summed E-state index contributed by atoms with van der Waals surface area (Å²) in [4.78, 5) is 25.3. The molecule has 7 nitrogen and oxygen atoms in total. The van der Waals surface area contributed by atoms with Gasteiger partial charge in [0.25, 0.3) is 5.91 Å². The minimum atomic E-state index is -3.09. The lowest BCUT2D eigenvalue weighted by Crippen LogP contribution is -2.40. The van der Waals surface area contributed by atoms with Gasteiger partial charge in [-0.05, 0) is 29.7 Å². The van der Waals surface area contributed by atoms with Crippen molar-refractivity contribution in [1.29, 1.82) is 0 Å². The quantitative estimate of drug-likeness (QED) is 0.640. The fourth-order valence-electron chi connectivity index (χ4n) is 3.09. The van der Waals surface area contributed by atoms with E-state index < -0.39 is 28.3 Å². The number of hydrogen-bond donors (Lipinski definition) is 0. The van der Waals surface area contributed by atoms with E-state index in [1.807, 2.05) is 42.5 Å². The molecule has 0 aromatic heterocycles. The Labute approximate surface area is 170 Å². The zero-order valence-electron chi connectivity index (χ0n) is 16.1. The number of carbonyl (C=O) groups excluding carboxylic acids is 2. The molecule has 3 rings (SSSR count). The second kappa shape index (κ2) is 9.09. The molecule has 0 saturated carbocycles. The molecule has 154 valence electrons. The molecule has 1 fully saturated rings. The maximum absolute atomic E-state index is 12.1. The number of nitrogens with zero attached hydrogens (tertiary/aromatic N) is 1. The van der Waals surface area contributed by atoms with E-state index in [1.54, 1.807) is 12.1 Å². The third-order valence-electron chi connectivity index (χ3n) is 4.82. The molecule has 0 aliphatic carbocycles. The first-order chi connectivity index (χ1) is 13.8. The molecule has 0 bridgehead atoms. The third kappa shape index (κ3) is 5.80. The van der Waals surface area contributed by atoms with Crippen molar-refractivity contribution in [2.24, 2.45) is 0 Å². The van der Waals surface area contributed by atoms with Gasteiger partial charge in [0.2, 0.25) is 0 Å². The molecule has 1 heterocycles. The van der Waals surface area contributed by atoms with E-state index in [2.05, 4.69) is 0 Å². The summed E-state index contributed by atoms with van der Waals surface area (Å²) in [6, 6.07) is 16.8. The molecule has 0 N–H and O–H groups in total. The van der Waals surface area contributed by atoms with E-state index >= 15 is 0 Å². The molecule has 0 radical (unpaired) electrons. The second-order valence-electron chi connectivity index (χ2n) is 6.90. The minimum absolute atomic E-state index is 0.0503. The van der Waals surface area contributed by atoms with Crippen LogP contribution in [0.2, 0.25) is 0 Å². The van der Waals surface area contributed by atoms with Gasteiger partial charge in [-0.3, -0.25) is 4.79 Å². The van der Waals surface area contributed by atoms with E-state index in [-0.39, 0.29) is 24.2 Å². The number of likely N-dealkylation sites (N-methyl/N-ethyl adjacent to an activating group) is 1. The van der Waals surface area contributed by atoms with E-state index in [1.165, 1.54) is 11.9 Å². The monoisotopic (exact) mass is 417 g/mol. The van der Waals surface area contributed by atoms with Crippen molar-refractivity contribution >= 4 is 21.7 Å². The number of amides is 1. The predicted octanol–water partition coefficient (Wildman–Crippen LogP) is 1.92. The molecular formula is C21H23NO6S. The Morgan fingerprint density at radius 1 is 1.00 bits per heavy atom. The van der Waals surface area contributed by atoms with Gasteiger partial charge in [-0.15, -0.1) is 0 Å². The van der Waals surface area contributed by atoms with E-state index in [9.17, 15) is 18.0 Å². The summed E-state index contributed by atoms with van der Waals surface area (Å²) in [6.45, 7) is -0.762. The lowest BCUT2D eigenvalue weighted by Gasteiger charge is -2.23. The van der Waals surface area contributed by atoms with Gasteiger partial charge in [-0.1, -0.05) is 42.5 Å². The van der Waals surface area contributed by atoms with Gasteiger partial charge < -0.3 is 14.4 Å². The first-order valence-electron chi connectivity index (χ1n) is 9.24. The summed E-state index contributed by atoms with van der Waals surface area (Å²) in [7, 11) is -1.57. The van der Waals surface area contributed by atoms with Crippen LogP contribution in [0.15, 0.2) is 54.6 Å². The summed E-state index contributed by atoms with van der Waals surface area (Å²) in [6.07, 6.45) is 0.403. The molecule has 2 aromatic carbocycles. The molecule has 0 spiro atoms. The van der Waals surface area contributed by atoms with Gasteiger partial charge in [-0.2, -0.15) is 0 Å². The van der Waals surface area contributed by atoms with Crippen molar-refractivity contribution in [3.8, 4) is 16.9 Å². The fourth-order valence-corrected chi connectivity index (χ4v) is 4.86. The molecule has 1 saturated heterocycles. The lowest BCUT2D eigenvalue weighted by molar-refractivity contribution is -0.153. The van der Waals surface area contributed by atoms with Crippen LogP contribution >= 0.6 is 0 Å². The highest BCUT2D eigenvalue weighted by atomic mass is 32.2. The van der Waals surface area contributed by atoms with Crippen molar-refractivity contribution in [2.45, 2.75) is 12.5 Å². The second-order valence-corrected chi connectivity index (χ2v) is 9.13. The number of hydrogen-bond acceptors (Lipinski definition) is 6. The van der Waals surface area contributed by atoms with Gasteiger partial charge in [-0.25, -0.2) is 13.2 Å². The topological polar surface area (TPSA) is 90.0 Å². The standard InChI is InChI=1S/C21H23NO6S/c1-22(18-11-12-29(25,26)15-18)20(23)13-28-21(24)14-27-19-9-7-17(8-10-19)16-5-3-2-4-6-16/h2-10,18H,11-15H2,1H3/t18-/m0/s1. The van der Waals surface area contributed by atoms with Crippen LogP contribution < -0.4 is 4.74 Å². The molecule has 1 aliphatic rings. The Morgan fingerprint density at radius 3 is 2.28 bits per heavy atom. The van der Waals surface area contributed by atoms with Crippen molar-refractivity contribution in [3.05, 3.63) is 54.6 Å². The summed E-state index contributed by atoms with van der Waals surface area (Å²) in [5, 5.41) is 0. The molecule has 29 heavy (non-hydrogen) atoms. The Kier molecular flexibility index (Phi) is 6.53. The molecule has 1 atom stereocenters. The normalized spacial score (nSPS) is 17.5. The van der Waals surface area contributed by atoms with Crippen molar-refractivity contribution < 1.29 is 27.5 Å². The number of esters is 1. The van der Waals surface area contributed by atoms with Gasteiger partial charge in [0.1, 0.15) is 5.75 Å². The maximum Gasteiger partial charge on any atom is 0.344 e. The molecule has 0 unspecified atom stereocenters. The highest BCUT2D eigenvalue weighted by Gasteiger charge is 2.32. The van der Waals surface area contributed by atoms with Gasteiger partial charge in [0.15, 0.2) is 23.1 Å². The van der Waals surface area contributed by atoms with Crippen LogP contribution in [0.1, 0.15) is 6.42 Å². The number of ether oxygens (including phenoxy) is 2. The van der Waals surface area contributed by atoms with Crippen LogP contribution in [0.25, 0.3) is 11.1 Å².